The van der Waals surface area contributed by atoms with Crippen LogP contribution in [0.5, 0.6) is 5.75 Å². The van der Waals surface area contributed by atoms with E-state index in [1.54, 1.807) is 37.4 Å². The van der Waals surface area contributed by atoms with Crippen molar-refractivity contribution in [1.82, 2.24) is 0 Å². The Morgan fingerprint density at radius 3 is 2.33 bits per heavy atom. The number of aliphatic carboxylic acids is 1. The Morgan fingerprint density at radius 2 is 1.81 bits per heavy atom. The lowest BCUT2D eigenvalue weighted by molar-refractivity contribution is -0.142. The van der Waals surface area contributed by atoms with Crippen LogP contribution in [0.3, 0.4) is 0 Å². The zero-order chi connectivity index (χ0) is 15.5. The summed E-state index contributed by atoms with van der Waals surface area (Å²) in [4.78, 5) is 11.6. The number of ether oxygens (including phenoxy) is 1. The second-order valence-electron chi connectivity index (χ2n) is 4.76. The summed E-state index contributed by atoms with van der Waals surface area (Å²) in [6.45, 7) is 1.43. The van der Waals surface area contributed by atoms with Gasteiger partial charge in [0.15, 0.2) is 5.54 Å². The molecule has 2 aromatic rings. The molecule has 1 atom stereocenters. The van der Waals surface area contributed by atoms with Crippen molar-refractivity contribution >= 4 is 11.7 Å². The van der Waals surface area contributed by atoms with Crippen LogP contribution in [0.15, 0.2) is 48.5 Å². The number of methoxy groups -OCH3 is 1. The van der Waals surface area contributed by atoms with E-state index >= 15 is 0 Å². The van der Waals surface area contributed by atoms with E-state index < -0.39 is 17.3 Å². The molecule has 110 valence electrons. The Hall–Kier alpha value is -2.56. The zero-order valence-electron chi connectivity index (χ0n) is 11.8. The third kappa shape index (κ3) is 2.97. The molecule has 5 heteroatoms. The van der Waals surface area contributed by atoms with Crippen molar-refractivity contribution in [3.05, 3.63) is 59.9 Å². The fourth-order valence-electron chi connectivity index (χ4n) is 2.07. The molecule has 4 nitrogen and oxygen atoms in total. The molecule has 0 aliphatic rings. The van der Waals surface area contributed by atoms with Crippen molar-refractivity contribution < 1.29 is 19.0 Å². The maximum Gasteiger partial charge on any atom is 0.333 e. The van der Waals surface area contributed by atoms with E-state index in [1.807, 2.05) is 0 Å². The molecule has 0 radical (unpaired) electrons. The van der Waals surface area contributed by atoms with Crippen LogP contribution in [0, 0.1) is 5.82 Å². The van der Waals surface area contributed by atoms with Gasteiger partial charge in [0.1, 0.15) is 11.6 Å². The first-order valence-electron chi connectivity index (χ1n) is 6.38. The minimum Gasteiger partial charge on any atom is -0.497 e. The first-order chi connectivity index (χ1) is 9.97. The Kier molecular flexibility index (Phi) is 4.12. The van der Waals surface area contributed by atoms with E-state index in [-0.39, 0.29) is 5.56 Å². The van der Waals surface area contributed by atoms with Crippen molar-refractivity contribution in [2.45, 2.75) is 12.5 Å². The van der Waals surface area contributed by atoms with Gasteiger partial charge in [0.05, 0.1) is 7.11 Å². The number of anilines is 1. The van der Waals surface area contributed by atoms with Gasteiger partial charge in [0.25, 0.3) is 0 Å². The van der Waals surface area contributed by atoms with Crippen LogP contribution in [0.1, 0.15) is 12.5 Å². The smallest absolute Gasteiger partial charge is 0.333 e. The van der Waals surface area contributed by atoms with Crippen LogP contribution < -0.4 is 10.1 Å². The average Bonchev–Trinajstić information content (AvgIpc) is 2.48. The molecular weight excluding hydrogens is 273 g/mol. The maximum absolute atomic E-state index is 13.9. The van der Waals surface area contributed by atoms with Crippen LogP contribution in [0.25, 0.3) is 0 Å². The molecular formula is C16H16FNO3. The van der Waals surface area contributed by atoms with Gasteiger partial charge in [-0.2, -0.15) is 0 Å². The average molecular weight is 289 g/mol. The third-order valence-corrected chi connectivity index (χ3v) is 3.32. The van der Waals surface area contributed by atoms with E-state index in [2.05, 4.69) is 5.32 Å². The molecule has 0 saturated heterocycles. The van der Waals surface area contributed by atoms with Crippen LogP contribution in [-0.2, 0) is 10.3 Å². The molecule has 21 heavy (non-hydrogen) atoms. The summed E-state index contributed by atoms with van der Waals surface area (Å²) in [6, 6.07) is 12.6. The van der Waals surface area contributed by atoms with Crippen LogP contribution in [0.4, 0.5) is 10.1 Å². The normalized spacial score (nSPS) is 13.3. The SMILES string of the molecule is COc1ccc(NC(C)(C(=O)O)c2ccccc2F)cc1. The summed E-state index contributed by atoms with van der Waals surface area (Å²) in [5.41, 5.74) is -0.933. The summed E-state index contributed by atoms with van der Waals surface area (Å²) in [6.07, 6.45) is 0. The Labute approximate surface area is 122 Å². The molecule has 0 aromatic heterocycles. The van der Waals surface area contributed by atoms with E-state index in [4.69, 9.17) is 4.74 Å². The van der Waals surface area contributed by atoms with Gasteiger partial charge in [-0.1, -0.05) is 18.2 Å². The molecule has 1 unspecified atom stereocenters. The first-order valence-corrected chi connectivity index (χ1v) is 6.38. The van der Waals surface area contributed by atoms with Gasteiger partial charge >= 0.3 is 5.97 Å². The Balaban J connectivity index is 2.38. The fraction of sp³-hybridized carbons (Fsp3) is 0.188. The second kappa shape index (κ2) is 5.83. The number of rotatable bonds is 5. The molecule has 2 N–H and O–H groups in total. The first kappa shape index (κ1) is 14.8. The predicted octanol–water partition coefficient (Wildman–Crippen LogP) is 3.25. The molecule has 0 bridgehead atoms. The molecule has 0 aliphatic heterocycles. The van der Waals surface area contributed by atoms with Gasteiger partial charge in [-0.05, 0) is 37.3 Å². The lowest BCUT2D eigenvalue weighted by Gasteiger charge is -2.28. The molecule has 0 saturated carbocycles. The van der Waals surface area contributed by atoms with Crippen LogP contribution >= 0.6 is 0 Å². The van der Waals surface area contributed by atoms with Crippen molar-refractivity contribution in [3.63, 3.8) is 0 Å². The number of carboxylic acids is 1. The van der Waals surface area contributed by atoms with Crippen LogP contribution in [-0.4, -0.2) is 18.2 Å². The van der Waals surface area contributed by atoms with Gasteiger partial charge in [-0.25, -0.2) is 9.18 Å². The number of carboxylic acid groups (broad SMARTS) is 1. The predicted molar refractivity (Wildman–Crippen MR) is 78.0 cm³/mol. The molecule has 0 aliphatic carbocycles. The minimum atomic E-state index is -1.57. The lowest BCUT2D eigenvalue weighted by atomic mass is 9.91. The summed E-state index contributed by atoms with van der Waals surface area (Å²) < 4.78 is 19.0. The van der Waals surface area contributed by atoms with E-state index in [9.17, 15) is 14.3 Å². The largest absolute Gasteiger partial charge is 0.497 e. The molecule has 2 rings (SSSR count). The van der Waals surface area contributed by atoms with E-state index in [1.165, 1.54) is 25.1 Å². The number of hydrogen-bond acceptors (Lipinski definition) is 3. The highest BCUT2D eigenvalue weighted by molar-refractivity contribution is 5.84. The highest BCUT2D eigenvalue weighted by Gasteiger charge is 2.37. The molecule has 0 fully saturated rings. The van der Waals surface area contributed by atoms with Crippen molar-refractivity contribution in [2.24, 2.45) is 0 Å². The number of nitrogens with one attached hydrogen (secondary N) is 1. The van der Waals surface area contributed by atoms with Gasteiger partial charge < -0.3 is 15.2 Å². The Morgan fingerprint density at radius 1 is 1.19 bits per heavy atom. The third-order valence-electron chi connectivity index (χ3n) is 3.32. The lowest BCUT2D eigenvalue weighted by Crippen LogP contribution is -2.41. The number of hydrogen-bond donors (Lipinski definition) is 2. The van der Waals surface area contributed by atoms with Crippen molar-refractivity contribution in [2.75, 3.05) is 12.4 Å². The summed E-state index contributed by atoms with van der Waals surface area (Å²) in [5.74, 6) is -1.07. The standard InChI is InChI=1S/C16H16FNO3/c1-16(15(19)20,13-5-3-4-6-14(13)17)18-11-7-9-12(21-2)10-8-11/h3-10,18H,1-2H3,(H,19,20). The Bertz CT molecular complexity index is 642. The molecule has 0 amide bonds. The van der Waals surface area contributed by atoms with Crippen molar-refractivity contribution in [1.29, 1.82) is 0 Å². The minimum absolute atomic E-state index is 0.0771. The number of benzene rings is 2. The quantitative estimate of drug-likeness (QED) is 0.887. The fourth-order valence-corrected chi connectivity index (χ4v) is 2.07. The van der Waals surface area contributed by atoms with Gasteiger partial charge in [-0.3, -0.25) is 0 Å². The number of carbonyl (C=O) groups is 1. The van der Waals surface area contributed by atoms with E-state index in [0.717, 1.165) is 0 Å². The topological polar surface area (TPSA) is 58.6 Å². The molecule has 0 spiro atoms. The highest BCUT2D eigenvalue weighted by atomic mass is 19.1. The second-order valence-corrected chi connectivity index (χ2v) is 4.76. The van der Waals surface area contributed by atoms with Crippen LogP contribution in [0.2, 0.25) is 0 Å². The monoisotopic (exact) mass is 289 g/mol. The van der Waals surface area contributed by atoms with E-state index in [0.29, 0.717) is 11.4 Å². The molecule has 0 heterocycles. The highest BCUT2D eigenvalue weighted by Crippen LogP contribution is 2.29. The van der Waals surface area contributed by atoms with Crippen molar-refractivity contribution in [3.8, 4) is 5.75 Å². The summed E-state index contributed by atoms with van der Waals surface area (Å²) in [5, 5.41) is 12.4. The summed E-state index contributed by atoms with van der Waals surface area (Å²) in [7, 11) is 1.54. The molecule has 2 aromatic carbocycles. The van der Waals surface area contributed by atoms with Gasteiger partial charge in [-0.15, -0.1) is 0 Å². The van der Waals surface area contributed by atoms with Gasteiger partial charge in [0, 0.05) is 11.3 Å². The van der Waals surface area contributed by atoms with Gasteiger partial charge in [0.2, 0.25) is 0 Å². The summed E-state index contributed by atoms with van der Waals surface area (Å²) >= 11 is 0. The number of halogens is 1. The maximum atomic E-state index is 13.9. The zero-order valence-corrected chi connectivity index (χ0v) is 11.8.